The highest BCUT2D eigenvalue weighted by molar-refractivity contribution is 7.89. The van der Waals surface area contributed by atoms with E-state index in [0.29, 0.717) is 6.61 Å². The smallest absolute Gasteiger partial charge is 0.312 e. The van der Waals surface area contributed by atoms with Crippen LogP contribution in [0.15, 0.2) is 47.4 Å². The Labute approximate surface area is 149 Å². The van der Waals surface area contributed by atoms with E-state index in [9.17, 15) is 23.6 Å². The first-order chi connectivity index (χ1) is 11.8. The molecule has 0 bridgehead atoms. The molecular formula is C15H15ClN2O6S. The van der Waals surface area contributed by atoms with Gasteiger partial charge >= 0.3 is 5.69 Å². The number of phenolic OH excluding ortho intramolecular Hbond substituents is 1. The standard InChI is InChI=1S/C15H15ClN2O6S/c16-12-6-7-13(18(20)21)14(19)15(12)25(22,23)17-8-9-24-10-11-4-2-1-3-5-11/h1-7,17,19H,8-10H2. The first-order valence-electron chi connectivity index (χ1n) is 7.10. The molecule has 0 aliphatic rings. The molecule has 8 nitrogen and oxygen atoms in total. The zero-order valence-corrected chi connectivity index (χ0v) is 14.5. The number of rotatable bonds is 8. The van der Waals surface area contributed by atoms with Crippen molar-refractivity contribution >= 4 is 27.3 Å². The van der Waals surface area contributed by atoms with Gasteiger partial charge in [-0.05, 0) is 11.6 Å². The van der Waals surface area contributed by atoms with Gasteiger partial charge in [-0.1, -0.05) is 41.9 Å². The van der Waals surface area contributed by atoms with Crippen molar-refractivity contribution in [1.82, 2.24) is 4.72 Å². The maximum Gasteiger partial charge on any atom is 0.312 e. The molecule has 0 atom stereocenters. The number of nitrogens with one attached hydrogen (secondary N) is 1. The summed E-state index contributed by atoms with van der Waals surface area (Å²) in [5.41, 5.74) is 0.190. The highest BCUT2D eigenvalue weighted by Gasteiger charge is 2.28. The summed E-state index contributed by atoms with van der Waals surface area (Å²) >= 11 is 5.78. The van der Waals surface area contributed by atoms with Crippen molar-refractivity contribution in [2.45, 2.75) is 11.5 Å². The summed E-state index contributed by atoms with van der Waals surface area (Å²) in [5, 5.41) is 20.3. The predicted octanol–water partition coefficient (Wildman–Crippen LogP) is 2.45. The van der Waals surface area contributed by atoms with Gasteiger partial charge in [0.05, 0.1) is 23.2 Å². The van der Waals surface area contributed by atoms with E-state index >= 15 is 0 Å². The van der Waals surface area contributed by atoms with E-state index in [1.807, 2.05) is 30.3 Å². The minimum Gasteiger partial charge on any atom is -0.501 e. The van der Waals surface area contributed by atoms with Crippen LogP contribution in [-0.2, 0) is 21.4 Å². The maximum absolute atomic E-state index is 12.2. The molecule has 0 saturated heterocycles. The molecule has 134 valence electrons. The third-order valence-corrected chi connectivity index (χ3v) is 5.14. The fourth-order valence-corrected chi connectivity index (χ4v) is 3.66. The minimum atomic E-state index is -4.24. The van der Waals surface area contributed by atoms with Crippen molar-refractivity contribution in [3.05, 3.63) is 63.2 Å². The van der Waals surface area contributed by atoms with Crippen LogP contribution in [-0.4, -0.2) is 31.6 Å². The van der Waals surface area contributed by atoms with Crippen LogP contribution in [0.4, 0.5) is 5.69 Å². The molecule has 0 amide bonds. The normalized spacial score (nSPS) is 11.4. The zero-order chi connectivity index (χ0) is 18.4. The van der Waals surface area contributed by atoms with Crippen molar-refractivity contribution < 1.29 is 23.2 Å². The number of nitrogens with zero attached hydrogens (tertiary/aromatic N) is 1. The van der Waals surface area contributed by atoms with Crippen LogP contribution in [0.25, 0.3) is 0 Å². The highest BCUT2D eigenvalue weighted by atomic mass is 35.5. The average Bonchev–Trinajstić information content (AvgIpc) is 2.55. The second kappa shape index (κ2) is 8.26. The van der Waals surface area contributed by atoms with Crippen LogP contribution < -0.4 is 4.72 Å². The van der Waals surface area contributed by atoms with E-state index in [2.05, 4.69) is 4.72 Å². The van der Waals surface area contributed by atoms with Gasteiger partial charge in [-0.3, -0.25) is 10.1 Å². The maximum atomic E-state index is 12.2. The Bertz CT molecular complexity index is 858. The van der Waals surface area contributed by atoms with Crippen molar-refractivity contribution in [1.29, 1.82) is 0 Å². The fraction of sp³-hybridized carbons (Fsp3) is 0.200. The van der Waals surface area contributed by atoms with E-state index in [0.717, 1.165) is 17.7 Å². The van der Waals surface area contributed by atoms with Crippen molar-refractivity contribution in [2.24, 2.45) is 0 Å². The molecule has 25 heavy (non-hydrogen) atoms. The van der Waals surface area contributed by atoms with Gasteiger partial charge < -0.3 is 9.84 Å². The Morgan fingerprint density at radius 1 is 1.20 bits per heavy atom. The number of hydrogen-bond donors (Lipinski definition) is 2. The summed E-state index contributed by atoms with van der Waals surface area (Å²) in [7, 11) is -4.24. The fourth-order valence-electron chi connectivity index (χ4n) is 2.02. The van der Waals surface area contributed by atoms with E-state index in [-0.39, 0.29) is 18.2 Å². The lowest BCUT2D eigenvalue weighted by molar-refractivity contribution is -0.386. The number of hydrogen-bond acceptors (Lipinski definition) is 6. The Morgan fingerprint density at radius 2 is 1.88 bits per heavy atom. The van der Waals surface area contributed by atoms with E-state index in [1.165, 1.54) is 0 Å². The van der Waals surface area contributed by atoms with E-state index in [4.69, 9.17) is 16.3 Å². The molecule has 2 rings (SSSR count). The first kappa shape index (κ1) is 19.1. The molecule has 0 unspecified atom stereocenters. The number of nitro benzene ring substituents is 1. The average molecular weight is 387 g/mol. The molecule has 0 heterocycles. The van der Waals surface area contributed by atoms with Crippen molar-refractivity contribution in [2.75, 3.05) is 13.2 Å². The third kappa shape index (κ3) is 4.89. The van der Waals surface area contributed by atoms with Gasteiger partial charge in [-0.2, -0.15) is 0 Å². The molecule has 2 aromatic carbocycles. The zero-order valence-electron chi connectivity index (χ0n) is 12.9. The summed E-state index contributed by atoms with van der Waals surface area (Å²) in [5.74, 6) is -1.00. The van der Waals surface area contributed by atoms with Gasteiger partial charge in [-0.15, -0.1) is 0 Å². The summed E-state index contributed by atoms with van der Waals surface area (Å²) < 4.78 is 32.0. The van der Waals surface area contributed by atoms with Gasteiger partial charge in [0.2, 0.25) is 15.8 Å². The summed E-state index contributed by atoms with van der Waals surface area (Å²) in [6.07, 6.45) is 0. The van der Waals surface area contributed by atoms with Crippen LogP contribution >= 0.6 is 11.6 Å². The van der Waals surface area contributed by atoms with E-state index in [1.54, 1.807) is 0 Å². The number of nitro groups is 1. The molecular weight excluding hydrogens is 372 g/mol. The summed E-state index contributed by atoms with van der Waals surface area (Å²) in [6.45, 7) is 0.292. The Hall–Kier alpha value is -2.20. The van der Waals surface area contributed by atoms with Crippen LogP contribution in [0.3, 0.4) is 0 Å². The van der Waals surface area contributed by atoms with Gasteiger partial charge in [-0.25, -0.2) is 13.1 Å². The monoisotopic (exact) mass is 386 g/mol. The lowest BCUT2D eigenvalue weighted by Crippen LogP contribution is -2.28. The molecule has 0 aliphatic heterocycles. The van der Waals surface area contributed by atoms with Crippen molar-refractivity contribution in [3.63, 3.8) is 0 Å². The topological polar surface area (TPSA) is 119 Å². The van der Waals surface area contributed by atoms with Crippen molar-refractivity contribution in [3.8, 4) is 5.75 Å². The van der Waals surface area contributed by atoms with Gasteiger partial charge in [0, 0.05) is 12.6 Å². The van der Waals surface area contributed by atoms with Crippen LogP contribution in [0, 0.1) is 10.1 Å². The van der Waals surface area contributed by atoms with Gasteiger partial charge in [0.25, 0.3) is 0 Å². The number of benzene rings is 2. The molecule has 0 radical (unpaired) electrons. The van der Waals surface area contributed by atoms with Crippen LogP contribution in [0.2, 0.25) is 5.02 Å². The Morgan fingerprint density at radius 3 is 2.52 bits per heavy atom. The van der Waals surface area contributed by atoms with Gasteiger partial charge in [0.15, 0.2) is 0 Å². The molecule has 2 N–H and O–H groups in total. The number of sulfonamides is 1. The van der Waals surface area contributed by atoms with Crippen LogP contribution in [0.1, 0.15) is 5.56 Å². The molecule has 0 fully saturated rings. The number of ether oxygens (including phenoxy) is 1. The number of aromatic hydroxyl groups is 1. The highest BCUT2D eigenvalue weighted by Crippen LogP contribution is 2.37. The first-order valence-corrected chi connectivity index (χ1v) is 8.96. The molecule has 0 saturated carbocycles. The second-order valence-electron chi connectivity index (χ2n) is 4.94. The Balaban J connectivity index is 2.00. The SMILES string of the molecule is O=[N+]([O-])c1ccc(Cl)c(S(=O)(=O)NCCOCc2ccccc2)c1O. The van der Waals surface area contributed by atoms with E-state index < -0.39 is 31.3 Å². The third-order valence-electron chi connectivity index (χ3n) is 3.18. The number of halogens is 1. The molecule has 0 spiro atoms. The molecule has 0 aromatic heterocycles. The number of phenols is 1. The Kier molecular flexibility index (Phi) is 6.32. The molecule has 10 heteroatoms. The van der Waals surface area contributed by atoms with Crippen LogP contribution in [0.5, 0.6) is 5.75 Å². The summed E-state index contributed by atoms with van der Waals surface area (Å²) in [4.78, 5) is 9.19. The lowest BCUT2D eigenvalue weighted by Gasteiger charge is -2.10. The minimum absolute atomic E-state index is 0.0709. The predicted molar refractivity (Wildman–Crippen MR) is 91.1 cm³/mol. The second-order valence-corrected chi connectivity index (χ2v) is 7.05. The largest absolute Gasteiger partial charge is 0.501 e. The quantitative estimate of drug-likeness (QED) is 0.408. The lowest BCUT2D eigenvalue weighted by atomic mass is 10.2. The van der Waals surface area contributed by atoms with Gasteiger partial charge in [0.1, 0.15) is 4.90 Å². The summed E-state index contributed by atoms with van der Waals surface area (Å²) in [6, 6.07) is 11.3. The molecule has 0 aliphatic carbocycles. The molecule has 2 aromatic rings.